The van der Waals surface area contributed by atoms with Crippen LogP contribution in [0.15, 0.2) is 24.7 Å². The number of fused-ring (bicyclic) bond motifs is 1. The number of nitrogens with zero attached hydrogens (tertiary/aromatic N) is 5. The average molecular weight is 428 g/mol. The number of halogens is 1. The van der Waals surface area contributed by atoms with Crippen LogP contribution in [0, 0.1) is 12.3 Å². The van der Waals surface area contributed by atoms with E-state index in [4.69, 9.17) is 32.8 Å². The topological polar surface area (TPSA) is 108 Å². The largest absolute Gasteiger partial charge is 0.382 e. The van der Waals surface area contributed by atoms with E-state index < -0.39 is 0 Å². The van der Waals surface area contributed by atoms with Gasteiger partial charge in [0.2, 0.25) is 5.95 Å². The van der Waals surface area contributed by atoms with Gasteiger partial charge in [-0.25, -0.2) is 15.0 Å². The van der Waals surface area contributed by atoms with Gasteiger partial charge in [-0.3, -0.25) is 4.40 Å². The third kappa shape index (κ3) is 2.85. The molecule has 3 aromatic rings. The lowest BCUT2D eigenvalue weighted by Gasteiger charge is -2.41. The van der Waals surface area contributed by atoms with Gasteiger partial charge in [0.1, 0.15) is 11.5 Å². The molecule has 3 aromatic heterocycles. The van der Waals surface area contributed by atoms with Crippen molar-refractivity contribution in [3.05, 3.63) is 35.4 Å². The fourth-order valence-electron chi connectivity index (χ4n) is 4.89. The lowest BCUT2D eigenvalue weighted by Crippen LogP contribution is -2.51. The van der Waals surface area contributed by atoms with Crippen LogP contribution in [0.4, 0.5) is 11.8 Å². The maximum atomic E-state index is 6.48. The molecule has 30 heavy (non-hydrogen) atoms. The molecular weight excluding hydrogens is 402 g/mol. The Morgan fingerprint density at radius 1 is 1.23 bits per heavy atom. The molecule has 8 nitrogen and oxygen atoms in total. The summed E-state index contributed by atoms with van der Waals surface area (Å²) in [6.07, 6.45) is 7.48. The summed E-state index contributed by atoms with van der Waals surface area (Å²) >= 11 is 6.46. The van der Waals surface area contributed by atoms with Crippen LogP contribution in [-0.4, -0.2) is 51.2 Å². The summed E-state index contributed by atoms with van der Waals surface area (Å²) < 4.78 is 7.89. The lowest BCUT2D eigenvalue weighted by atomic mass is 9.73. The number of pyridine rings is 1. The summed E-state index contributed by atoms with van der Waals surface area (Å²) in [5.74, 6) is 1.19. The van der Waals surface area contributed by atoms with Gasteiger partial charge in [-0.2, -0.15) is 0 Å². The first-order valence-corrected chi connectivity index (χ1v) is 10.7. The Bertz CT molecular complexity index is 1110. The van der Waals surface area contributed by atoms with Gasteiger partial charge in [0.25, 0.3) is 0 Å². The number of aryl methyl sites for hydroxylation is 1. The van der Waals surface area contributed by atoms with Crippen LogP contribution in [0.2, 0.25) is 5.02 Å². The number of nitrogens with two attached hydrogens (primary N) is 2. The van der Waals surface area contributed by atoms with Crippen molar-refractivity contribution >= 4 is 29.0 Å². The predicted molar refractivity (Wildman–Crippen MR) is 118 cm³/mol. The molecule has 0 saturated carbocycles. The van der Waals surface area contributed by atoms with Crippen molar-refractivity contribution in [1.29, 1.82) is 0 Å². The zero-order chi connectivity index (χ0) is 21.0. The van der Waals surface area contributed by atoms with Crippen LogP contribution in [0.1, 0.15) is 25.5 Å². The maximum absolute atomic E-state index is 6.48. The normalized spacial score (nSPS) is 23.5. The molecule has 2 fully saturated rings. The highest BCUT2D eigenvalue weighted by Crippen LogP contribution is 2.42. The molecule has 5 rings (SSSR count). The van der Waals surface area contributed by atoms with Gasteiger partial charge in [0.05, 0.1) is 23.4 Å². The van der Waals surface area contributed by atoms with E-state index in [-0.39, 0.29) is 17.6 Å². The summed E-state index contributed by atoms with van der Waals surface area (Å²) in [7, 11) is 0. The summed E-state index contributed by atoms with van der Waals surface area (Å²) in [5, 5.41) is 0.421. The summed E-state index contributed by atoms with van der Waals surface area (Å²) in [6.45, 7) is 6.56. The number of imidazole rings is 1. The number of rotatable bonds is 2. The highest BCUT2D eigenvalue weighted by Gasteiger charge is 2.47. The van der Waals surface area contributed by atoms with Gasteiger partial charge < -0.3 is 21.1 Å². The van der Waals surface area contributed by atoms with E-state index in [1.54, 1.807) is 12.4 Å². The predicted octanol–water partition coefficient (Wildman–Crippen LogP) is 2.67. The minimum atomic E-state index is 0.0705. The first-order valence-electron chi connectivity index (χ1n) is 10.3. The number of nitrogen functional groups attached to an aromatic ring is 1. The molecule has 0 radical (unpaired) electrons. The fourth-order valence-corrected chi connectivity index (χ4v) is 5.09. The Hall–Kier alpha value is -2.42. The van der Waals surface area contributed by atoms with Crippen LogP contribution in [0.3, 0.4) is 0 Å². The highest BCUT2D eigenvalue weighted by atomic mass is 35.5. The van der Waals surface area contributed by atoms with Gasteiger partial charge in [-0.05, 0) is 32.8 Å². The molecule has 158 valence electrons. The zero-order valence-corrected chi connectivity index (χ0v) is 17.9. The quantitative estimate of drug-likeness (QED) is 0.647. The molecule has 2 aliphatic heterocycles. The third-order valence-electron chi connectivity index (χ3n) is 6.78. The standard InChI is InChI=1S/C21H26ClN7O/c1-12-15(14-3-6-25-18(24)16(14)22)19-26-7-10-29(19)20(27-12)28-8-4-21(5-9-28)11-30-13(2)17(21)23/h3,6-7,10,13,17H,4-5,8-9,11,23H2,1-2H3,(H2,24,25). The number of anilines is 2. The Balaban J connectivity index is 1.52. The molecule has 2 aliphatic rings. The molecule has 5 heterocycles. The Morgan fingerprint density at radius 2 is 2.00 bits per heavy atom. The van der Waals surface area contributed by atoms with E-state index in [0.717, 1.165) is 61.0 Å². The smallest absolute Gasteiger partial charge is 0.211 e. The van der Waals surface area contributed by atoms with Crippen molar-refractivity contribution < 1.29 is 4.74 Å². The molecule has 0 aromatic carbocycles. The van der Waals surface area contributed by atoms with Gasteiger partial charge in [0.15, 0.2) is 0 Å². The zero-order valence-electron chi connectivity index (χ0n) is 17.2. The van der Waals surface area contributed by atoms with Crippen LogP contribution < -0.4 is 16.4 Å². The molecule has 1 spiro atoms. The van der Waals surface area contributed by atoms with Gasteiger partial charge in [-0.1, -0.05) is 11.6 Å². The molecule has 2 atom stereocenters. The van der Waals surface area contributed by atoms with Crippen molar-refractivity contribution in [2.45, 2.75) is 38.8 Å². The van der Waals surface area contributed by atoms with Crippen LogP contribution in [0.5, 0.6) is 0 Å². The SMILES string of the molecule is Cc1nc(N2CCC3(CC2)COC(C)C3N)n2ccnc2c1-c1ccnc(N)c1Cl. The molecule has 2 saturated heterocycles. The molecule has 2 unspecified atom stereocenters. The maximum Gasteiger partial charge on any atom is 0.211 e. The van der Waals surface area contributed by atoms with Crippen molar-refractivity contribution in [2.24, 2.45) is 11.1 Å². The first-order chi connectivity index (χ1) is 14.4. The number of hydrogen-bond acceptors (Lipinski definition) is 7. The van der Waals surface area contributed by atoms with E-state index in [9.17, 15) is 0 Å². The number of aromatic nitrogens is 4. The summed E-state index contributed by atoms with van der Waals surface area (Å²) in [5.41, 5.74) is 15.8. The third-order valence-corrected chi connectivity index (χ3v) is 7.18. The molecule has 0 amide bonds. The van der Waals surface area contributed by atoms with E-state index in [1.807, 2.05) is 23.6 Å². The summed E-state index contributed by atoms with van der Waals surface area (Å²) in [4.78, 5) is 16.0. The van der Waals surface area contributed by atoms with Crippen LogP contribution in [-0.2, 0) is 4.74 Å². The second kappa shape index (κ2) is 7.08. The monoisotopic (exact) mass is 427 g/mol. The lowest BCUT2D eigenvalue weighted by molar-refractivity contribution is 0.0973. The van der Waals surface area contributed by atoms with E-state index >= 15 is 0 Å². The number of hydrogen-bond donors (Lipinski definition) is 2. The van der Waals surface area contributed by atoms with Crippen molar-refractivity contribution in [3.63, 3.8) is 0 Å². The molecule has 4 N–H and O–H groups in total. The van der Waals surface area contributed by atoms with E-state index in [2.05, 4.69) is 21.8 Å². The summed E-state index contributed by atoms with van der Waals surface area (Å²) in [6, 6.07) is 1.94. The van der Waals surface area contributed by atoms with Gasteiger partial charge in [0, 0.05) is 54.3 Å². The van der Waals surface area contributed by atoms with E-state index in [1.165, 1.54) is 0 Å². The fraction of sp³-hybridized carbons (Fsp3) is 0.476. The van der Waals surface area contributed by atoms with Crippen molar-refractivity contribution in [2.75, 3.05) is 30.3 Å². The Kier molecular flexibility index (Phi) is 4.61. The van der Waals surface area contributed by atoms with Gasteiger partial charge in [-0.15, -0.1) is 0 Å². The average Bonchev–Trinajstić information content (AvgIpc) is 3.32. The Labute approximate surface area is 180 Å². The highest BCUT2D eigenvalue weighted by molar-refractivity contribution is 6.35. The molecule has 0 bridgehead atoms. The minimum Gasteiger partial charge on any atom is -0.382 e. The minimum absolute atomic E-state index is 0.0705. The van der Waals surface area contributed by atoms with Crippen molar-refractivity contribution in [1.82, 2.24) is 19.4 Å². The second-order valence-electron chi connectivity index (χ2n) is 8.44. The molecule has 0 aliphatic carbocycles. The number of ether oxygens (including phenoxy) is 1. The van der Waals surface area contributed by atoms with Crippen LogP contribution in [0.25, 0.3) is 16.8 Å². The van der Waals surface area contributed by atoms with Crippen LogP contribution >= 0.6 is 11.6 Å². The first kappa shape index (κ1) is 19.5. The second-order valence-corrected chi connectivity index (χ2v) is 8.82. The Morgan fingerprint density at radius 3 is 2.70 bits per heavy atom. The van der Waals surface area contributed by atoms with E-state index in [0.29, 0.717) is 10.8 Å². The molecular formula is C21H26ClN7O. The van der Waals surface area contributed by atoms with Gasteiger partial charge >= 0.3 is 0 Å². The number of piperidine rings is 1. The molecule has 9 heteroatoms. The van der Waals surface area contributed by atoms with Crippen molar-refractivity contribution in [3.8, 4) is 11.1 Å².